The molecule has 0 aliphatic heterocycles. The smallest absolute Gasteiger partial charge is 0.397 e. The molecule has 0 bridgehead atoms. The van der Waals surface area contributed by atoms with Crippen LogP contribution in [0.2, 0.25) is 0 Å². The van der Waals surface area contributed by atoms with Crippen LogP contribution in [0.25, 0.3) is 0 Å². The van der Waals surface area contributed by atoms with E-state index in [1.165, 1.54) is 19.6 Å². The summed E-state index contributed by atoms with van der Waals surface area (Å²) in [5, 5.41) is 0. The van der Waals surface area contributed by atoms with Crippen molar-refractivity contribution < 1.29 is 39.6 Å². The van der Waals surface area contributed by atoms with Crippen LogP contribution in [-0.2, 0) is 31.6 Å². The van der Waals surface area contributed by atoms with Gasteiger partial charge in [0.25, 0.3) is 0 Å². The molecule has 1 aromatic rings. The SMILES string of the molecule is CC[NH+](CC)CC.O=S(=O)(O)OCc1ccccc1.O=S(=O)([O-])O. The summed E-state index contributed by atoms with van der Waals surface area (Å²) in [6.45, 7) is 10.3. The number of rotatable bonds is 6. The first-order valence-electron chi connectivity index (χ1n) is 7.10. The van der Waals surface area contributed by atoms with Gasteiger partial charge in [0.2, 0.25) is 10.4 Å². The summed E-state index contributed by atoms with van der Waals surface area (Å²) in [4.78, 5) is 1.68. The molecule has 0 aliphatic rings. The van der Waals surface area contributed by atoms with Crippen molar-refractivity contribution in [1.29, 1.82) is 0 Å². The summed E-state index contributed by atoms with van der Waals surface area (Å²) in [7, 11) is -9.24. The van der Waals surface area contributed by atoms with Gasteiger partial charge in [-0.25, -0.2) is 12.6 Å². The van der Waals surface area contributed by atoms with Gasteiger partial charge in [0.1, 0.15) is 0 Å². The Bertz CT molecular complexity index is 599. The molecule has 0 atom stereocenters. The lowest BCUT2D eigenvalue weighted by Gasteiger charge is -2.10. The Hall–Kier alpha value is -1.08. The molecule has 24 heavy (non-hydrogen) atoms. The molecular weight excluding hydrogens is 362 g/mol. The standard InChI is InChI=1S/C7H8O4S.C6H15N.H2O4S/c8-12(9,10)11-6-7-4-2-1-3-5-7;1-4-7(5-2)6-3;1-5(2,3)4/h1-5H,6H2,(H,8,9,10);4-6H2,1-3H3;(H2,1,2,3,4). The first-order valence-corrected chi connectivity index (χ1v) is 9.83. The van der Waals surface area contributed by atoms with Gasteiger partial charge < -0.3 is 9.45 Å². The van der Waals surface area contributed by atoms with Gasteiger partial charge in [-0.05, 0) is 26.3 Å². The van der Waals surface area contributed by atoms with Crippen LogP contribution in [0.5, 0.6) is 0 Å². The maximum absolute atomic E-state index is 10.1. The van der Waals surface area contributed by atoms with Gasteiger partial charge in [-0.15, -0.1) is 0 Å². The molecule has 9 nitrogen and oxygen atoms in total. The maximum atomic E-state index is 10.1. The zero-order valence-electron chi connectivity index (χ0n) is 13.9. The van der Waals surface area contributed by atoms with Crippen molar-refractivity contribution in [2.24, 2.45) is 0 Å². The van der Waals surface area contributed by atoms with Crippen LogP contribution in [0.4, 0.5) is 0 Å². The van der Waals surface area contributed by atoms with Crippen LogP contribution in [-0.4, -0.2) is 50.1 Å². The predicted molar refractivity (Wildman–Crippen MR) is 87.7 cm³/mol. The van der Waals surface area contributed by atoms with Crippen LogP contribution in [0.3, 0.4) is 0 Å². The summed E-state index contributed by atoms with van der Waals surface area (Å²) in [5.74, 6) is 0. The first-order chi connectivity index (χ1) is 10.9. The van der Waals surface area contributed by atoms with Crippen molar-refractivity contribution in [1.82, 2.24) is 0 Å². The van der Waals surface area contributed by atoms with Gasteiger partial charge in [0.05, 0.1) is 26.2 Å². The summed E-state index contributed by atoms with van der Waals surface area (Å²) < 4.78 is 65.5. The molecule has 0 aliphatic carbocycles. The zero-order chi connectivity index (χ0) is 19.2. The second kappa shape index (κ2) is 13.2. The fraction of sp³-hybridized carbons (Fsp3) is 0.538. The highest BCUT2D eigenvalue weighted by molar-refractivity contribution is 7.80. The van der Waals surface area contributed by atoms with E-state index in [9.17, 15) is 8.42 Å². The largest absolute Gasteiger partial charge is 0.726 e. The second-order valence-corrected chi connectivity index (χ2v) is 6.36. The predicted octanol–water partition coefficient (Wildman–Crippen LogP) is -0.0584. The van der Waals surface area contributed by atoms with Crippen LogP contribution in [0, 0.1) is 0 Å². The molecule has 3 N–H and O–H groups in total. The number of hydrogen-bond acceptors (Lipinski definition) is 6. The van der Waals surface area contributed by atoms with E-state index in [0.717, 1.165) is 0 Å². The van der Waals surface area contributed by atoms with Crippen LogP contribution in [0.1, 0.15) is 26.3 Å². The van der Waals surface area contributed by atoms with Gasteiger partial charge in [0, 0.05) is 0 Å². The van der Waals surface area contributed by atoms with E-state index in [-0.39, 0.29) is 6.61 Å². The molecule has 0 fully saturated rings. The van der Waals surface area contributed by atoms with Crippen LogP contribution in [0.15, 0.2) is 30.3 Å². The van der Waals surface area contributed by atoms with Crippen molar-refractivity contribution in [3.05, 3.63) is 35.9 Å². The van der Waals surface area contributed by atoms with E-state index in [4.69, 9.17) is 22.1 Å². The van der Waals surface area contributed by atoms with E-state index in [0.29, 0.717) is 5.56 Å². The highest BCUT2D eigenvalue weighted by Crippen LogP contribution is 2.01. The minimum absolute atomic E-state index is 0.139. The molecule has 0 amide bonds. The highest BCUT2D eigenvalue weighted by atomic mass is 32.3. The molecule has 0 spiro atoms. The second-order valence-electron chi connectivity index (χ2n) is 4.41. The third-order valence-electron chi connectivity index (χ3n) is 2.72. The molecule has 11 heteroatoms. The topological polar surface area (TPSA) is 145 Å². The van der Waals surface area contributed by atoms with Gasteiger partial charge in [0.15, 0.2) is 0 Å². The van der Waals surface area contributed by atoms with E-state index in [2.05, 4.69) is 25.0 Å². The lowest BCUT2D eigenvalue weighted by molar-refractivity contribution is -0.894. The highest BCUT2D eigenvalue weighted by Gasteiger charge is 2.03. The molecule has 0 radical (unpaired) electrons. The Morgan fingerprint density at radius 3 is 1.58 bits per heavy atom. The normalized spacial score (nSPS) is 11.1. The molecule has 1 aromatic carbocycles. The van der Waals surface area contributed by atoms with Crippen molar-refractivity contribution in [2.45, 2.75) is 27.4 Å². The molecule has 0 aromatic heterocycles. The lowest BCUT2D eigenvalue weighted by Crippen LogP contribution is -3.11. The fourth-order valence-corrected chi connectivity index (χ4v) is 1.75. The van der Waals surface area contributed by atoms with Crippen LogP contribution < -0.4 is 4.90 Å². The van der Waals surface area contributed by atoms with E-state index < -0.39 is 20.8 Å². The molecule has 0 heterocycles. The number of benzene rings is 1. The van der Waals surface area contributed by atoms with E-state index >= 15 is 0 Å². The number of hydrogen-bond donors (Lipinski definition) is 3. The lowest BCUT2D eigenvalue weighted by atomic mass is 10.2. The Balaban J connectivity index is 0. The Morgan fingerprint density at radius 1 is 0.958 bits per heavy atom. The Kier molecular flexibility index (Phi) is 13.9. The third kappa shape index (κ3) is 23.2. The Labute approximate surface area is 143 Å². The van der Waals surface area contributed by atoms with Gasteiger partial charge in [-0.2, -0.15) is 8.42 Å². The molecule has 1 rings (SSSR count). The van der Waals surface area contributed by atoms with Crippen molar-refractivity contribution in [2.75, 3.05) is 19.6 Å². The average Bonchev–Trinajstić information content (AvgIpc) is 2.46. The molecule has 0 saturated heterocycles. The molecule has 0 unspecified atom stereocenters. The van der Waals surface area contributed by atoms with Gasteiger partial charge >= 0.3 is 10.4 Å². The average molecular weight is 387 g/mol. The maximum Gasteiger partial charge on any atom is 0.397 e. The quantitative estimate of drug-likeness (QED) is 0.455. The fourth-order valence-electron chi connectivity index (χ4n) is 1.47. The van der Waals surface area contributed by atoms with Crippen molar-refractivity contribution >= 4 is 20.8 Å². The van der Waals surface area contributed by atoms with Gasteiger partial charge in [-0.3, -0.25) is 9.11 Å². The van der Waals surface area contributed by atoms with Gasteiger partial charge in [-0.1, -0.05) is 30.3 Å². The third-order valence-corrected chi connectivity index (χ3v) is 3.13. The minimum Gasteiger partial charge on any atom is -0.726 e. The Morgan fingerprint density at radius 2 is 1.33 bits per heavy atom. The number of quaternary nitrogens is 1. The monoisotopic (exact) mass is 387 g/mol. The molecular formula is C13H25NO8S2. The molecule has 0 saturated carbocycles. The molecule has 142 valence electrons. The number of nitrogens with one attached hydrogen (secondary N) is 1. The summed E-state index contributed by atoms with van der Waals surface area (Å²) in [5.41, 5.74) is 0.690. The summed E-state index contributed by atoms with van der Waals surface area (Å²) >= 11 is 0. The van der Waals surface area contributed by atoms with Crippen LogP contribution >= 0.6 is 0 Å². The van der Waals surface area contributed by atoms with E-state index in [1.807, 2.05) is 0 Å². The first kappa shape index (κ1) is 25.2. The summed E-state index contributed by atoms with van der Waals surface area (Å²) in [6.07, 6.45) is 0. The van der Waals surface area contributed by atoms with Crippen molar-refractivity contribution in [3.63, 3.8) is 0 Å². The zero-order valence-corrected chi connectivity index (χ0v) is 15.5. The van der Waals surface area contributed by atoms with E-state index in [1.54, 1.807) is 35.2 Å². The van der Waals surface area contributed by atoms with Crippen molar-refractivity contribution in [3.8, 4) is 0 Å². The summed E-state index contributed by atoms with van der Waals surface area (Å²) in [6, 6.07) is 8.71. The minimum atomic E-state index is -4.92.